The van der Waals surface area contributed by atoms with Crippen molar-refractivity contribution in [3.63, 3.8) is 0 Å². The van der Waals surface area contributed by atoms with Gasteiger partial charge >= 0.3 is 0 Å². The van der Waals surface area contributed by atoms with Crippen molar-refractivity contribution < 1.29 is 4.79 Å². The molecule has 6 heteroatoms. The van der Waals surface area contributed by atoms with Crippen LogP contribution in [-0.2, 0) is 6.42 Å². The first kappa shape index (κ1) is 14.5. The van der Waals surface area contributed by atoms with Crippen molar-refractivity contribution in [1.82, 2.24) is 25.0 Å². The minimum atomic E-state index is -0.0203. The molecule has 0 spiro atoms. The number of aryl methyl sites for hydroxylation is 1. The highest BCUT2D eigenvalue weighted by molar-refractivity contribution is 5.90. The smallest absolute Gasteiger partial charge is 0.293 e. The zero-order valence-electron chi connectivity index (χ0n) is 12.8. The molecule has 1 atom stereocenters. The molecule has 3 rings (SSSR count). The molecule has 116 valence electrons. The third kappa shape index (κ3) is 3.26. The molecule has 1 aromatic rings. The maximum Gasteiger partial charge on any atom is 0.293 e. The topological polar surface area (TPSA) is 65.1 Å². The zero-order valence-corrected chi connectivity index (χ0v) is 12.8. The average molecular weight is 291 g/mol. The summed E-state index contributed by atoms with van der Waals surface area (Å²) >= 11 is 0. The van der Waals surface area contributed by atoms with Crippen LogP contribution in [-0.4, -0.2) is 63.1 Å². The molecule has 1 amide bonds. The number of carbonyl (C=O) groups is 1. The van der Waals surface area contributed by atoms with Gasteiger partial charge in [-0.15, -0.1) is 5.10 Å². The van der Waals surface area contributed by atoms with Crippen LogP contribution in [0.1, 0.15) is 55.5 Å². The Balaban J connectivity index is 1.58. The second-order valence-corrected chi connectivity index (χ2v) is 6.15. The minimum absolute atomic E-state index is 0.0203. The van der Waals surface area contributed by atoms with Gasteiger partial charge in [-0.05, 0) is 38.8 Å². The molecule has 2 aliphatic heterocycles. The molecule has 6 nitrogen and oxygen atoms in total. The van der Waals surface area contributed by atoms with Crippen molar-refractivity contribution >= 4 is 5.91 Å². The number of aromatic nitrogens is 3. The van der Waals surface area contributed by atoms with E-state index in [-0.39, 0.29) is 5.91 Å². The predicted octanol–water partition coefficient (Wildman–Crippen LogP) is 1.46. The Labute approximate surface area is 125 Å². The Hall–Kier alpha value is -1.43. The predicted molar refractivity (Wildman–Crippen MR) is 80.1 cm³/mol. The molecule has 0 aliphatic carbocycles. The molecule has 2 saturated heterocycles. The van der Waals surface area contributed by atoms with Gasteiger partial charge in [0.15, 0.2) is 0 Å². The lowest BCUT2D eigenvalue weighted by Gasteiger charge is -2.32. The molecular formula is C15H25N5O. The number of nitrogens with one attached hydrogen (secondary N) is 1. The standard InChI is InChI=1S/C15H25N5O/c1-2-6-13-16-14(18-17-13)15(21)20-10-7-12(11-20)19-8-4-3-5-9-19/h12H,2-11H2,1H3,(H,16,17,18). The van der Waals surface area contributed by atoms with Crippen molar-refractivity contribution in [3.8, 4) is 0 Å². The summed E-state index contributed by atoms with van der Waals surface area (Å²) in [6.07, 6.45) is 6.87. The Bertz CT molecular complexity index is 480. The first-order chi connectivity index (χ1) is 10.3. The van der Waals surface area contributed by atoms with Crippen LogP contribution in [0.5, 0.6) is 0 Å². The van der Waals surface area contributed by atoms with E-state index in [9.17, 15) is 4.79 Å². The van der Waals surface area contributed by atoms with Crippen LogP contribution < -0.4 is 0 Å². The average Bonchev–Trinajstić information content (AvgIpc) is 3.17. The number of aromatic amines is 1. The lowest BCUT2D eigenvalue weighted by molar-refractivity contribution is 0.0760. The fraction of sp³-hybridized carbons (Fsp3) is 0.800. The van der Waals surface area contributed by atoms with E-state index < -0.39 is 0 Å². The summed E-state index contributed by atoms with van der Waals surface area (Å²) in [6.45, 7) is 6.13. The fourth-order valence-corrected chi connectivity index (χ4v) is 3.39. The first-order valence-electron chi connectivity index (χ1n) is 8.22. The molecule has 2 aliphatic rings. The number of H-pyrrole nitrogens is 1. The largest absolute Gasteiger partial charge is 0.334 e. The van der Waals surface area contributed by atoms with Crippen molar-refractivity contribution in [2.75, 3.05) is 26.2 Å². The highest BCUT2D eigenvalue weighted by Crippen LogP contribution is 2.21. The van der Waals surface area contributed by atoms with Gasteiger partial charge in [-0.1, -0.05) is 13.3 Å². The number of amides is 1. The van der Waals surface area contributed by atoms with Gasteiger partial charge in [0.2, 0.25) is 5.82 Å². The third-order valence-corrected chi connectivity index (χ3v) is 4.57. The third-order valence-electron chi connectivity index (χ3n) is 4.57. The molecule has 21 heavy (non-hydrogen) atoms. The van der Waals surface area contributed by atoms with Crippen molar-refractivity contribution in [3.05, 3.63) is 11.6 Å². The lowest BCUT2D eigenvalue weighted by atomic mass is 10.1. The number of nitrogens with zero attached hydrogens (tertiary/aromatic N) is 4. The van der Waals surface area contributed by atoms with Gasteiger partial charge in [0, 0.05) is 25.6 Å². The highest BCUT2D eigenvalue weighted by atomic mass is 16.2. The van der Waals surface area contributed by atoms with Gasteiger partial charge in [-0.2, -0.15) is 0 Å². The van der Waals surface area contributed by atoms with E-state index >= 15 is 0 Å². The summed E-state index contributed by atoms with van der Waals surface area (Å²) in [5.74, 6) is 1.12. The SMILES string of the molecule is CCCc1nc(C(=O)N2CCC(N3CCCCC3)C2)n[nH]1. The van der Waals surface area contributed by atoms with Crippen molar-refractivity contribution in [1.29, 1.82) is 0 Å². The molecular weight excluding hydrogens is 266 g/mol. The molecule has 1 unspecified atom stereocenters. The van der Waals surface area contributed by atoms with Crippen LogP contribution in [0.4, 0.5) is 0 Å². The van der Waals surface area contributed by atoms with E-state index in [2.05, 4.69) is 27.0 Å². The number of carbonyl (C=O) groups excluding carboxylic acids is 1. The Morgan fingerprint density at radius 3 is 2.86 bits per heavy atom. The first-order valence-corrected chi connectivity index (χ1v) is 8.22. The maximum atomic E-state index is 12.5. The van der Waals surface area contributed by atoms with E-state index in [1.54, 1.807) is 0 Å². The van der Waals surface area contributed by atoms with E-state index in [4.69, 9.17) is 0 Å². The van der Waals surface area contributed by atoms with Gasteiger partial charge in [-0.25, -0.2) is 4.98 Å². The zero-order chi connectivity index (χ0) is 14.7. The highest BCUT2D eigenvalue weighted by Gasteiger charge is 2.32. The van der Waals surface area contributed by atoms with Crippen LogP contribution in [0, 0.1) is 0 Å². The van der Waals surface area contributed by atoms with Crippen LogP contribution in [0.2, 0.25) is 0 Å². The Kier molecular flexibility index (Phi) is 4.53. The Morgan fingerprint density at radius 1 is 1.29 bits per heavy atom. The fourth-order valence-electron chi connectivity index (χ4n) is 3.39. The van der Waals surface area contributed by atoms with E-state index in [0.717, 1.165) is 38.2 Å². The van der Waals surface area contributed by atoms with Crippen LogP contribution in [0.25, 0.3) is 0 Å². The quantitative estimate of drug-likeness (QED) is 0.912. The van der Waals surface area contributed by atoms with Gasteiger partial charge in [0.1, 0.15) is 5.82 Å². The molecule has 0 bridgehead atoms. The number of hydrogen-bond donors (Lipinski definition) is 1. The lowest BCUT2D eigenvalue weighted by Crippen LogP contribution is -2.41. The number of piperidine rings is 1. The van der Waals surface area contributed by atoms with Crippen LogP contribution in [0.15, 0.2) is 0 Å². The molecule has 3 heterocycles. The monoisotopic (exact) mass is 291 g/mol. The maximum absolute atomic E-state index is 12.5. The number of rotatable bonds is 4. The summed E-state index contributed by atoms with van der Waals surface area (Å²) in [5, 5.41) is 6.94. The normalized spacial score (nSPS) is 23.7. The second-order valence-electron chi connectivity index (χ2n) is 6.15. The van der Waals surface area contributed by atoms with Gasteiger partial charge in [0.05, 0.1) is 0 Å². The van der Waals surface area contributed by atoms with E-state index in [1.165, 1.54) is 32.4 Å². The summed E-state index contributed by atoms with van der Waals surface area (Å²) in [6, 6.07) is 0.531. The number of likely N-dealkylation sites (tertiary alicyclic amines) is 2. The van der Waals surface area contributed by atoms with E-state index in [1.807, 2.05) is 4.90 Å². The summed E-state index contributed by atoms with van der Waals surface area (Å²) in [4.78, 5) is 21.2. The van der Waals surface area contributed by atoms with Crippen molar-refractivity contribution in [2.45, 2.75) is 51.5 Å². The summed E-state index contributed by atoms with van der Waals surface area (Å²) in [5.41, 5.74) is 0. The van der Waals surface area contributed by atoms with Crippen LogP contribution in [0.3, 0.4) is 0 Å². The minimum Gasteiger partial charge on any atom is -0.334 e. The van der Waals surface area contributed by atoms with Gasteiger partial charge in [-0.3, -0.25) is 14.8 Å². The van der Waals surface area contributed by atoms with Gasteiger partial charge < -0.3 is 4.90 Å². The van der Waals surface area contributed by atoms with Crippen molar-refractivity contribution in [2.24, 2.45) is 0 Å². The summed E-state index contributed by atoms with van der Waals surface area (Å²) in [7, 11) is 0. The molecule has 0 radical (unpaired) electrons. The second kappa shape index (κ2) is 6.56. The molecule has 0 aromatic carbocycles. The molecule has 1 N–H and O–H groups in total. The molecule has 1 aromatic heterocycles. The summed E-state index contributed by atoms with van der Waals surface area (Å²) < 4.78 is 0. The number of hydrogen-bond acceptors (Lipinski definition) is 4. The van der Waals surface area contributed by atoms with Crippen LogP contribution >= 0.6 is 0 Å². The molecule has 2 fully saturated rings. The van der Waals surface area contributed by atoms with E-state index in [0.29, 0.717) is 11.9 Å². The van der Waals surface area contributed by atoms with Gasteiger partial charge in [0.25, 0.3) is 5.91 Å². The molecule has 0 saturated carbocycles. The Morgan fingerprint density at radius 2 is 2.10 bits per heavy atom.